The van der Waals surface area contributed by atoms with Crippen molar-refractivity contribution in [1.82, 2.24) is 15.2 Å². The number of nitrogens with one attached hydrogen (secondary N) is 2. The molecule has 2 saturated heterocycles. The fourth-order valence-corrected chi connectivity index (χ4v) is 13.6. The molecule has 0 radical (unpaired) electrons. The smallest absolute Gasteiger partial charge is 0.276 e. The van der Waals surface area contributed by atoms with Crippen molar-refractivity contribution >= 4 is 63.0 Å². The number of hydrogen-bond acceptors (Lipinski definition) is 11. The van der Waals surface area contributed by atoms with E-state index in [1.54, 1.807) is 22.0 Å². The van der Waals surface area contributed by atoms with Crippen LogP contribution < -0.4 is 10.6 Å². The number of ether oxygens (including phenoxy) is 2. The minimum atomic E-state index is -1.34. The molecule has 8 aromatic carbocycles. The highest BCUT2D eigenvalue weighted by molar-refractivity contribution is 8.00. The van der Waals surface area contributed by atoms with Crippen LogP contribution in [-0.2, 0) is 35.0 Å². The molecule has 0 saturated carbocycles. The number of fused-ring (bicyclic) bond motifs is 1. The number of anilines is 1. The van der Waals surface area contributed by atoms with Crippen molar-refractivity contribution in [1.29, 1.82) is 0 Å². The van der Waals surface area contributed by atoms with E-state index in [-0.39, 0.29) is 28.3 Å². The van der Waals surface area contributed by atoms with Crippen LogP contribution in [0.1, 0.15) is 62.7 Å². The van der Waals surface area contributed by atoms with E-state index in [9.17, 15) is 0 Å². The Bertz CT molecular complexity index is 3410. The van der Waals surface area contributed by atoms with E-state index in [0.29, 0.717) is 29.8 Å². The predicted molar refractivity (Wildman–Crippen MR) is 321 cm³/mol. The Balaban J connectivity index is 0.935. The van der Waals surface area contributed by atoms with Crippen molar-refractivity contribution in [3.05, 3.63) is 310 Å². The van der Waals surface area contributed by atoms with Crippen LogP contribution in [0, 0.1) is 5.92 Å². The van der Waals surface area contributed by atoms with Crippen LogP contribution in [0.4, 0.5) is 5.13 Å². The minimum Gasteiger partial charge on any atom is -0.469 e. The monoisotopic (exact) mass is 1110 g/mol. The van der Waals surface area contributed by atoms with Crippen LogP contribution in [0.15, 0.2) is 264 Å². The summed E-state index contributed by atoms with van der Waals surface area (Å²) in [7, 11) is 0. The van der Waals surface area contributed by atoms with Gasteiger partial charge in [-0.25, -0.2) is 4.98 Å². The van der Waals surface area contributed by atoms with Gasteiger partial charge < -0.3 is 24.9 Å². The molecule has 2 amide bonds. The number of rotatable bonds is 18. The van der Waals surface area contributed by atoms with E-state index >= 15 is 9.59 Å². The molecule has 1 aromatic heterocycles. The van der Waals surface area contributed by atoms with Crippen molar-refractivity contribution in [3.8, 4) is 0 Å². The molecule has 12 rings (SSSR count). The first-order valence-electron chi connectivity index (χ1n) is 26.6. The van der Waals surface area contributed by atoms with Gasteiger partial charge in [-0.3, -0.25) is 14.5 Å². The van der Waals surface area contributed by atoms with Crippen LogP contribution in [0.25, 0.3) is 0 Å². The first kappa shape index (κ1) is 52.3. The van der Waals surface area contributed by atoms with Gasteiger partial charge in [0.1, 0.15) is 28.8 Å². The van der Waals surface area contributed by atoms with Crippen LogP contribution in [-0.4, -0.2) is 62.8 Å². The lowest BCUT2D eigenvalue weighted by Gasteiger charge is -2.51. The Labute approximate surface area is 479 Å². The molecule has 396 valence electrons. The Morgan fingerprint density at radius 2 is 1.10 bits per heavy atom. The number of thiocarbonyl (C=S) groups is 1. The molecule has 10 nitrogen and oxygen atoms in total. The summed E-state index contributed by atoms with van der Waals surface area (Å²) in [5.74, 6) is -0.368. The highest BCUT2D eigenvalue weighted by Gasteiger charge is 2.55. The van der Waals surface area contributed by atoms with Gasteiger partial charge in [0, 0.05) is 40.3 Å². The van der Waals surface area contributed by atoms with E-state index in [0.717, 1.165) is 56.5 Å². The first-order valence-corrected chi connectivity index (χ1v) is 29.0. The van der Waals surface area contributed by atoms with Gasteiger partial charge in [0.05, 0.1) is 12.3 Å². The second-order valence-electron chi connectivity index (χ2n) is 19.7. The van der Waals surface area contributed by atoms with E-state index < -0.39 is 34.6 Å². The molecule has 9 aromatic rings. The molecule has 3 aliphatic heterocycles. The summed E-state index contributed by atoms with van der Waals surface area (Å²) >= 11 is 9.20. The molecule has 0 spiro atoms. The zero-order valence-corrected chi connectivity index (χ0v) is 45.9. The number of thioether (sulfide) groups is 1. The van der Waals surface area contributed by atoms with Crippen LogP contribution in [0.2, 0.25) is 0 Å². The Hall–Kier alpha value is -8.46. The van der Waals surface area contributed by atoms with E-state index in [1.807, 2.05) is 206 Å². The average Bonchev–Trinajstić information content (AvgIpc) is 4.28. The second-order valence-corrected chi connectivity index (χ2v) is 22.1. The summed E-state index contributed by atoms with van der Waals surface area (Å²) in [6, 6.07) is 79.2. The number of carbonyl (C=O) groups is 2. The number of thiazole rings is 1. The number of nitrogens with zero attached hydrogens (tertiary/aromatic N) is 3. The van der Waals surface area contributed by atoms with Gasteiger partial charge in [0.2, 0.25) is 10.7 Å². The Morgan fingerprint density at radius 3 is 1.55 bits per heavy atom. The van der Waals surface area contributed by atoms with Crippen molar-refractivity contribution in [2.75, 3.05) is 24.3 Å². The highest BCUT2D eigenvalue weighted by Crippen LogP contribution is 2.46. The zero-order valence-electron chi connectivity index (χ0n) is 43.4. The van der Waals surface area contributed by atoms with Gasteiger partial charge >= 0.3 is 0 Å². The number of benzene rings is 8. The van der Waals surface area contributed by atoms with Gasteiger partial charge in [-0.2, -0.15) is 0 Å². The summed E-state index contributed by atoms with van der Waals surface area (Å²) in [5.41, 5.74) is 6.58. The van der Waals surface area contributed by atoms with E-state index in [1.165, 1.54) is 11.3 Å². The topological polar surface area (TPSA) is 114 Å². The standard InChI is InChI=1S/C67H55N5O5S3/c73-61(69-58-62(74)72-59(55(44-79-63(58)72)48-41-42-75-43-48)64(78)76-60(46-25-9-1-10-26-46)47-27-11-2-12-28-47)57(71-77-67(52-35-19-6-20-36-52,53-37-21-7-22-38-53)54-39-23-8-24-40-54)56-45-80-65(68-56)70-66(49-29-13-3-14-30-49,50-31-15-4-16-32-50)51-33-17-5-18-34-51/h1-40,45,48,58,60,63H,41-44H2,(H,68,70)(H,69,73)/b71-57-/t48?,58?,63-/m1/s1. The van der Waals surface area contributed by atoms with Crippen molar-refractivity contribution < 1.29 is 23.9 Å². The molecular formula is C67H55N5O5S3. The zero-order chi connectivity index (χ0) is 54.3. The lowest BCUT2D eigenvalue weighted by Crippen LogP contribution is -2.71. The molecule has 2 unspecified atom stereocenters. The molecular weight excluding hydrogens is 1050 g/mol. The predicted octanol–water partition coefficient (Wildman–Crippen LogP) is 13.1. The maximum Gasteiger partial charge on any atom is 0.276 e. The highest BCUT2D eigenvalue weighted by atomic mass is 32.2. The summed E-state index contributed by atoms with van der Waals surface area (Å²) in [6.45, 7) is 1.12. The van der Waals surface area contributed by atoms with Crippen LogP contribution in [0.5, 0.6) is 0 Å². The third kappa shape index (κ3) is 10.1. The summed E-state index contributed by atoms with van der Waals surface area (Å²) in [5, 5.41) is 14.0. The molecule has 0 bridgehead atoms. The largest absolute Gasteiger partial charge is 0.469 e. The quantitative estimate of drug-likeness (QED) is 0.0285. The van der Waals surface area contributed by atoms with Crippen LogP contribution >= 0.6 is 35.3 Å². The molecule has 3 aliphatic rings. The van der Waals surface area contributed by atoms with E-state index in [2.05, 4.69) is 47.0 Å². The Morgan fingerprint density at radius 1 is 0.650 bits per heavy atom. The number of aromatic nitrogens is 1. The molecule has 2 N–H and O–H groups in total. The number of amides is 2. The number of carbonyl (C=O) groups excluding carboxylic acids is 2. The number of oxime groups is 1. The van der Waals surface area contributed by atoms with Gasteiger partial charge in [-0.15, -0.1) is 23.1 Å². The number of hydrogen-bond donors (Lipinski definition) is 2. The van der Waals surface area contributed by atoms with Gasteiger partial charge in [0.25, 0.3) is 11.8 Å². The molecule has 80 heavy (non-hydrogen) atoms. The maximum absolute atomic E-state index is 15.6. The van der Waals surface area contributed by atoms with Gasteiger partial charge in [-0.1, -0.05) is 248 Å². The van der Waals surface area contributed by atoms with Crippen LogP contribution in [0.3, 0.4) is 0 Å². The lowest BCUT2D eigenvalue weighted by atomic mass is 9.77. The van der Waals surface area contributed by atoms with Crippen molar-refractivity contribution in [2.45, 2.75) is 35.1 Å². The summed E-state index contributed by atoms with van der Waals surface area (Å²) in [4.78, 5) is 44.6. The number of β-lactam (4-membered cyclic amide) rings is 1. The fourth-order valence-electron chi connectivity index (χ4n) is 11.1. The lowest BCUT2D eigenvalue weighted by molar-refractivity contribution is -0.144. The average molecular weight is 1110 g/mol. The van der Waals surface area contributed by atoms with Gasteiger partial charge in [-0.05, 0) is 52.0 Å². The second kappa shape index (κ2) is 23.5. The molecule has 13 heteroatoms. The SMILES string of the molecule is O=C(NC1C(=O)N2C(C(=S)OC(c3ccccc3)c3ccccc3)=C(C3CCOC3)CS[C@H]12)/C(=N\OC(c1ccccc1)(c1ccccc1)c1ccccc1)c1csc(NC(c2ccccc2)(c2ccccc2)c2ccccc2)n1. The minimum absolute atomic E-state index is 0.0419. The normalized spacial score (nSPS) is 17.3. The fraction of sp³-hybridized carbons (Fsp3) is 0.149. The van der Waals surface area contributed by atoms with Crippen molar-refractivity contribution in [3.63, 3.8) is 0 Å². The Kier molecular flexibility index (Phi) is 15.3. The molecule has 4 heterocycles. The van der Waals surface area contributed by atoms with E-state index in [4.69, 9.17) is 36.7 Å². The van der Waals surface area contributed by atoms with Gasteiger partial charge in [0.15, 0.2) is 10.8 Å². The molecule has 0 aliphatic carbocycles. The maximum atomic E-state index is 15.6. The summed E-state index contributed by atoms with van der Waals surface area (Å²) in [6.07, 6.45) is 0.252. The third-order valence-electron chi connectivity index (χ3n) is 15.0. The summed E-state index contributed by atoms with van der Waals surface area (Å²) < 4.78 is 12.8. The first-order chi connectivity index (χ1) is 39.4. The molecule has 3 atom stereocenters. The molecule has 2 fully saturated rings. The van der Waals surface area contributed by atoms with Crippen molar-refractivity contribution in [2.24, 2.45) is 11.1 Å². The third-order valence-corrected chi connectivity index (χ3v) is 17.4.